The summed E-state index contributed by atoms with van der Waals surface area (Å²) in [7, 11) is 0. The average Bonchev–Trinajstić information content (AvgIpc) is 3.05. The van der Waals surface area contributed by atoms with Crippen LogP contribution in [0.1, 0.15) is 49.7 Å². The molecule has 1 N–H and O–H groups in total. The minimum Gasteiger partial charge on any atom is -0.368 e. The van der Waals surface area contributed by atoms with Crippen molar-refractivity contribution in [3.63, 3.8) is 0 Å². The fourth-order valence-corrected chi connectivity index (χ4v) is 3.90. The number of alkyl halides is 3. The maximum absolute atomic E-state index is 12.8. The normalized spacial score (nSPS) is 14.8. The molecule has 160 valence electrons. The summed E-state index contributed by atoms with van der Waals surface area (Å²) < 4.78 is 40.2. The Kier molecular flexibility index (Phi) is 6.13. The van der Waals surface area contributed by atoms with E-state index >= 15 is 0 Å². The summed E-state index contributed by atoms with van der Waals surface area (Å²) in [6.45, 7) is 1.12. The molecule has 2 aromatic heterocycles. The van der Waals surface area contributed by atoms with Gasteiger partial charge in [0.1, 0.15) is 5.52 Å². The topological polar surface area (TPSA) is 55.6 Å². The van der Waals surface area contributed by atoms with E-state index in [-0.39, 0.29) is 5.28 Å². The van der Waals surface area contributed by atoms with Crippen LogP contribution >= 0.6 is 11.6 Å². The molecule has 0 atom stereocenters. The lowest BCUT2D eigenvalue weighted by molar-refractivity contribution is -0.137. The lowest BCUT2D eigenvalue weighted by atomic mass is 9.82. The first-order valence-electron chi connectivity index (χ1n) is 10.2. The minimum absolute atomic E-state index is 0.110. The van der Waals surface area contributed by atoms with Gasteiger partial charge < -0.3 is 9.88 Å². The summed E-state index contributed by atoms with van der Waals surface area (Å²) >= 11 is 6.04. The molecule has 30 heavy (non-hydrogen) atoms. The Balaban J connectivity index is 1.46. The van der Waals surface area contributed by atoms with Crippen molar-refractivity contribution in [1.82, 2.24) is 19.5 Å². The fraction of sp³-hybridized carbons (Fsp3) is 0.476. The lowest BCUT2D eigenvalue weighted by Crippen LogP contribution is -2.12. The molecule has 0 unspecified atom stereocenters. The number of imidazole rings is 1. The number of fused-ring (bicyclic) bond motifs is 1. The van der Waals surface area contributed by atoms with Gasteiger partial charge in [-0.05, 0) is 41.6 Å². The number of rotatable bonds is 8. The van der Waals surface area contributed by atoms with Gasteiger partial charge in [0.25, 0.3) is 0 Å². The maximum Gasteiger partial charge on any atom is 0.416 e. The number of nitrogens with one attached hydrogen (secondary N) is 1. The second-order valence-electron chi connectivity index (χ2n) is 7.80. The van der Waals surface area contributed by atoms with Crippen molar-refractivity contribution in [3.8, 4) is 0 Å². The second kappa shape index (κ2) is 8.79. The molecule has 0 radical (unpaired) electrons. The van der Waals surface area contributed by atoms with Crippen LogP contribution in [-0.2, 0) is 12.7 Å². The van der Waals surface area contributed by atoms with Crippen LogP contribution in [0.4, 0.5) is 19.0 Å². The highest BCUT2D eigenvalue weighted by molar-refractivity contribution is 6.28. The predicted octanol–water partition coefficient (Wildman–Crippen LogP) is 5.93. The van der Waals surface area contributed by atoms with E-state index in [0.29, 0.717) is 23.5 Å². The van der Waals surface area contributed by atoms with E-state index in [4.69, 9.17) is 11.6 Å². The number of anilines is 1. The standard InChI is InChI=1S/C21H23ClF3N5/c22-20-28-18(26-11-2-1-4-14-5-3-6-14)17-19(29-20)27-13-30(17)12-15-7-9-16(10-8-15)21(23,24)25/h7-10,13-14H,1-6,11-12H2,(H,26,28,29). The first-order chi connectivity index (χ1) is 14.4. The summed E-state index contributed by atoms with van der Waals surface area (Å²) in [6.07, 6.45) is 4.82. The molecule has 0 saturated heterocycles. The van der Waals surface area contributed by atoms with Crippen LogP contribution in [0.25, 0.3) is 11.2 Å². The van der Waals surface area contributed by atoms with Crippen molar-refractivity contribution in [2.24, 2.45) is 5.92 Å². The average molecular weight is 438 g/mol. The third-order valence-electron chi connectivity index (χ3n) is 5.64. The van der Waals surface area contributed by atoms with Gasteiger partial charge in [0.15, 0.2) is 11.5 Å². The number of benzene rings is 1. The quantitative estimate of drug-likeness (QED) is 0.350. The van der Waals surface area contributed by atoms with Crippen LogP contribution in [0.3, 0.4) is 0 Å². The van der Waals surface area contributed by atoms with Crippen molar-refractivity contribution < 1.29 is 13.2 Å². The monoisotopic (exact) mass is 437 g/mol. The smallest absolute Gasteiger partial charge is 0.368 e. The molecule has 2 heterocycles. The molecular weight excluding hydrogens is 415 g/mol. The Morgan fingerprint density at radius 1 is 1.10 bits per heavy atom. The number of hydrogen-bond donors (Lipinski definition) is 1. The highest BCUT2D eigenvalue weighted by Gasteiger charge is 2.30. The summed E-state index contributed by atoms with van der Waals surface area (Å²) in [5.41, 5.74) is 1.21. The molecule has 0 bridgehead atoms. The Morgan fingerprint density at radius 3 is 2.53 bits per heavy atom. The number of unbranched alkanes of at least 4 members (excludes halogenated alkanes) is 1. The van der Waals surface area contributed by atoms with Crippen LogP contribution in [0.5, 0.6) is 0 Å². The lowest BCUT2D eigenvalue weighted by Gasteiger charge is -2.25. The van der Waals surface area contributed by atoms with Gasteiger partial charge >= 0.3 is 6.18 Å². The van der Waals surface area contributed by atoms with Crippen LogP contribution in [0.15, 0.2) is 30.6 Å². The van der Waals surface area contributed by atoms with Crippen molar-refractivity contribution in [2.45, 2.75) is 51.2 Å². The van der Waals surface area contributed by atoms with Gasteiger partial charge in [0.2, 0.25) is 5.28 Å². The van der Waals surface area contributed by atoms with Crippen LogP contribution in [0.2, 0.25) is 5.28 Å². The van der Waals surface area contributed by atoms with E-state index in [0.717, 1.165) is 36.6 Å². The van der Waals surface area contributed by atoms with E-state index in [1.165, 1.54) is 44.2 Å². The highest BCUT2D eigenvalue weighted by atomic mass is 35.5. The molecule has 5 nitrogen and oxygen atoms in total. The zero-order chi connectivity index (χ0) is 21.1. The number of nitrogens with zero attached hydrogens (tertiary/aromatic N) is 4. The summed E-state index contributed by atoms with van der Waals surface area (Å²) in [5.74, 6) is 1.49. The summed E-state index contributed by atoms with van der Waals surface area (Å²) in [5, 5.41) is 3.44. The Morgan fingerprint density at radius 2 is 1.87 bits per heavy atom. The van der Waals surface area contributed by atoms with Crippen LogP contribution < -0.4 is 5.32 Å². The van der Waals surface area contributed by atoms with Gasteiger partial charge in [-0.25, -0.2) is 4.98 Å². The van der Waals surface area contributed by atoms with Crippen molar-refractivity contribution in [2.75, 3.05) is 11.9 Å². The summed E-state index contributed by atoms with van der Waals surface area (Å²) in [6, 6.07) is 5.12. The Labute approximate surface area is 177 Å². The van der Waals surface area contributed by atoms with Crippen molar-refractivity contribution in [3.05, 3.63) is 47.0 Å². The molecule has 0 amide bonds. The largest absolute Gasteiger partial charge is 0.416 e. The molecule has 0 spiro atoms. The fourth-order valence-electron chi connectivity index (χ4n) is 3.74. The number of halogens is 4. The van der Waals surface area contributed by atoms with Crippen LogP contribution in [0, 0.1) is 5.92 Å². The molecule has 1 aliphatic carbocycles. The van der Waals surface area contributed by atoms with Crippen LogP contribution in [-0.4, -0.2) is 26.1 Å². The van der Waals surface area contributed by atoms with Gasteiger partial charge in [-0.1, -0.05) is 44.2 Å². The molecule has 4 rings (SSSR count). The van der Waals surface area contributed by atoms with E-state index in [1.54, 1.807) is 6.33 Å². The van der Waals surface area contributed by atoms with E-state index in [2.05, 4.69) is 20.3 Å². The van der Waals surface area contributed by atoms with Crippen molar-refractivity contribution >= 4 is 28.6 Å². The maximum atomic E-state index is 12.8. The van der Waals surface area contributed by atoms with Gasteiger partial charge in [0, 0.05) is 13.1 Å². The molecule has 1 saturated carbocycles. The molecular formula is C21H23ClF3N5. The predicted molar refractivity (Wildman–Crippen MR) is 111 cm³/mol. The first-order valence-corrected chi connectivity index (χ1v) is 10.6. The van der Waals surface area contributed by atoms with Gasteiger partial charge in [-0.3, -0.25) is 0 Å². The molecule has 1 fully saturated rings. The van der Waals surface area contributed by atoms with Crippen molar-refractivity contribution in [1.29, 1.82) is 0 Å². The van der Waals surface area contributed by atoms with E-state index in [9.17, 15) is 13.2 Å². The minimum atomic E-state index is -4.35. The Bertz CT molecular complexity index is 996. The first kappa shape index (κ1) is 20.9. The third kappa shape index (κ3) is 4.86. The molecule has 1 aromatic carbocycles. The number of aromatic nitrogens is 4. The molecule has 1 aliphatic rings. The second-order valence-corrected chi connectivity index (χ2v) is 8.14. The van der Waals surface area contributed by atoms with Gasteiger partial charge in [-0.2, -0.15) is 23.1 Å². The molecule has 9 heteroatoms. The van der Waals surface area contributed by atoms with E-state index < -0.39 is 11.7 Å². The molecule has 3 aromatic rings. The van der Waals surface area contributed by atoms with E-state index in [1.807, 2.05) is 4.57 Å². The zero-order valence-corrected chi connectivity index (χ0v) is 17.2. The zero-order valence-electron chi connectivity index (χ0n) is 16.4. The third-order valence-corrected chi connectivity index (χ3v) is 5.80. The Hall–Kier alpha value is -2.35. The summed E-state index contributed by atoms with van der Waals surface area (Å²) in [4.78, 5) is 12.8. The highest BCUT2D eigenvalue weighted by Crippen LogP contribution is 2.31. The SMILES string of the molecule is FC(F)(F)c1ccc(Cn2cnc3nc(Cl)nc(NCCCCC4CCC4)c32)cc1. The number of hydrogen-bond acceptors (Lipinski definition) is 4. The van der Waals surface area contributed by atoms with Gasteiger partial charge in [-0.15, -0.1) is 0 Å². The van der Waals surface area contributed by atoms with Gasteiger partial charge in [0.05, 0.1) is 11.9 Å². The molecule has 0 aliphatic heterocycles.